The Kier molecular flexibility index (Phi) is 8.04. The van der Waals surface area contributed by atoms with Crippen molar-refractivity contribution in [2.75, 3.05) is 19.6 Å². The number of aromatic nitrogens is 2. The Morgan fingerprint density at radius 1 is 1.05 bits per heavy atom. The smallest absolute Gasteiger partial charge is 0.326 e. The highest BCUT2D eigenvalue weighted by molar-refractivity contribution is 5.92. The van der Waals surface area contributed by atoms with Crippen molar-refractivity contribution in [3.63, 3.8) is 0 Å². The van der Waals surface area contributed by atoms with Crippen molar-refractivity contribution in [3.05, 3.63) is 77.9 Å². The van der Waals surface area contributed by atoms with Gasteiger partial charge in [-0.3, -0.25) is 14.4 Å². The average molecular weight is 560 g/mol. The molecule has 3 aliphatic rings. The van der Waals surface area contributed by atoms with Gasteiger partial charge in [-0.25, -0.2) is 9.78 Å². The lowest BCUT2D eigenvalue weighted by Gasteiger charge is -2.40. The standard InChI is InChI=1S/C30H33N5O6/c1-34-18-25(32-19-34)27(37)35-13-10-30(11-14-35)17-21-3-2-4-23(15-21)41-22-7-5-20(6-8-22)16-24(28(38)39)33-26(36)9-12-31-29(30)40/h2-8,15,18-19,24H,9-14,16-17H2,1H3,(H,31,40)(H,33,36)(H,38,39)/t24-/m0/s1. The molecule has 0 saturated carbocycles. The molecule has 3 amide bonds. The molecule has 1 saturated heterocycles. The number of carboxylic acid groups (broad SMARTS) is 1. The van der Waals surface area contributed by atoms with Crippen LogP contribution in [0.15, 0.2) is 61.1 Å². The number of hydrogen-bond donors (Lipinski definition) is 3. The van der Waals surface area contributed by atoms with Gasteiger partial charge in [0.15, 0.2) is 0 Å². The highest BCUT2D eigenvalue weighted by Crippen LogP contribution is 2.37. The minimum absolute atomic E-state index is 0.0574. The number of hydrogen-bond acceptors (Lipinski definition) is 6. The first-order valence-electron chi connectivity index (χ1n) is 13.6. The van der Waals surface area contributed by atoms with Crippen LogP contribution >= 0.6 is 0 Å². The van der Waals surface area contributed by atoms with E-state index < -0.39 is 23.3 Å². The topological polar surface area (TPSA) is 143 Å². The molecule has 3 aliphatic heterocycles. The number of likely N-dealkylation sites (tertiary alicyclic amines) is 1. The number of ether oxygens (including phenoxy) is 1. The van der Waals surface area contributed by atoms with Gasteiger partial charge in [-0.2, -0.15) is 0 Å². The van der Waals surface area contributed by atoms with Crippen LogP contribution < -0.4 is 15.4 Å². The molecule has 1 atom stereocenters. The van der Waals surface area contributed by atoms with Gasteiger partial charge in [-0.15, -0.1) is 0 Å². The Bertz CT molecular complexity index is 1440. The number of aryl methyl sites for hydroxylation is 1. The Hall–Kier alpha value is -4.67. The lowest BCUT2D eigenvalue weighted by atomic mass is 9.72. The second-order valence-corrected chi connectivity index (χ2v) is 10.7. The Morgan fingerprint density at radius 3 is 2.49 bits per heavy atom. The molecule has 1 fully saturated rings. The molecule has 0 radical (unpaired) electrons. The number of fused-ring (bicyclic) bond motifs is 9. The number of rotatable bonds is 2. The van der Waals surface area contributed by atoms with E-state index in [0.717, 1.165) is 11.1 Å². The predicted octanol–water partition coefficient (Wildman–Crippen LogP) is 2.31. The van der Waals surface area contributed by atoms with E-state index >= 15 is 0 Å². The molecule has 11 nitrogen and oxygen atoms in total. The van der Waals surface area contributed by atoms with Gasteiger partial charge >= 0.3 is 5.97 Å². The third-order valence-corrected chi connectivity index (χ3v) is 7.72. The quantitative estimate of drug-likeness (QED) is 0.437. The second-order valence-electron chi connectivity index (χ2n) is 10.7. The molecular formula is C30H33N5O6. The highest BCUT2D eigenvalue weighted by atomic mass is 16.5. The summed E-state index contributed by atoms with van der Waals surface area (Å²) >= 11 is 0. The highest BCUT2D eigenvalue weighted by Gasteiger charge is 2.42. The molecule has 4 heterocycles. The van der Waals surface area contributed by atoms with Gasteiger partial charge < -0.3 is 29.9 Å². The summed E-state index contributed by atoms with van der Waals surface area (Å²) in [4.78, 5) is 57.0. The van der Waals surface area contributed by atoms with Crippen molar-refractivity contribution in [2.45, 2.75) is 38.1 Å². The van der Waals surface area contributed by atoms with E-state index in [-0.39, 0.29) is 31.2 Å². The monoisotopic (exact) mass is 559 g/mol. The Morgan fingerprint density at radius 2 is 1.80 bits per heavy atom. The SMILES string of the molecule is Cn1cnc(C(=O)N2CCC3(CC2)Cc2cccc(c2)Oc2ccc(cc2)C[C@@H](C(=O)O)NC(=O)CCNC3=O)c1. The van der Waals surface area contributed by atoms with E-state index in [9.17, 15) is 24.3 Å². The number of nitrogens with zero attached hydrogens (tertiary/aromatic N) is 3. The first kappa shape index (κ1) is 27.9. The molecule has 0 unspecified atom stereocenters. The van der Waals surface area contributed by atoms with Gasteiger partial charge in [-0.1, -0.05) is 24.3 Å². The molecule has 214 valence electrons. The Balaban J connectivity index is 1.40. The fourth-order valence-electron chi connectivity index (χ4n) is 5.43. The minimum atomic E-state index is -1.14. The number of carboxylic acids is 1. The van der Waals surface area contributed by atoms with Crippen LogP contribution in [-0.2, 0) is 34.3 Å². The van der Waals surface area contributed by atoms with Crippen LogP contribution in [-0.4, -0.2) is 68.9 Å². The van der Waals surface area contributed by atoms with Crippen molar-refractivity contribution in [3.8, 4) is 11.5 Å². The third-order valence-electron chi connectivity index (χ3n) is 7.72. The number of nitrogens with one attached hydrogen (secondary N) is 2. The fraction of sp³-hybridized carbons (Fsp3) is 0.367. The lowest BCUT2D eigenvalue weighted by molar-refractivity contribution is -0.142. The zero-order valence-corrected chi connectivity index (χ0v) is 22.8. The molecule has 3 N–H and O–H groups in total. The van der Waals surface area contributed by atoms with Crippen molar-refractivity contribution >= 4 is 23.7 Å². The maximum atomic E-state index is 13.7. The summed E-state index contributed by atoms with van der Waals surface area (Å²) in [5.74, 6) is -0.780. The normalized spacial score (nSPS) is 19.4. The van der Waals surface area contributed by atoms with Gasteiger partial charge in [0.2, 0.25) is 11.8 Å². The van der Waals surface area contributed by atoms with Crippen LogP contribution in [0.1, 0.15) is 40.9 Å². The summed E-state index contributed by atoms with van der Waals surface area (Å²) in [5, 5.41) is 15.1. The summed E-state index contributed by atoms with van der Waals surface area (Å²) in [5.41, 5.74) is 1.21. The van der Waals surface area contributed by atoms with Crippen LogP contribution in [0.25, 0.3) is 0 Å². The molecule has 4 bridgehead atoms. The number of piperidine rings is 1. The summed E-state index contributed by atoms with van der Waals surface area (Å²) < 4.78 is 7.78. The number of amides is 3. The van der Waals surface area contributed by atoms with Crippen molar-refractivity contribution in [1.82, 2.24) is 25.1 Å². The van der Waals surface area contributed by atoms with Gasteiger partial charge in [0.1, 0.15) is 23.2 Å². The predicted molar refractivity (Wildman–Crippen MR) is 148 cm³/mol. The molecule has 1 aromatic heterocycles. The van der Waals surface area contributed by atoms with E-state index in [1.165, 1.54) is 0 Å². The van der Waals surface area contributed by atoms with Gasteiger partial charge in [0, 0.05) is 45.7 Å². The molecule has 0 aliphatic carbocycles. The molecule has 6 rings (SSSR count). The zero-order valence-electron chi connectivity index (χ0n) is 22.8. The van der Waals surface area contributed by atoms with Crippen LogP contribution in [0.3, 0.4) is 0 Å². The minimum Gasteiger partial charge on any atom is -0.480 e. The van der Waals surface area contributed by atoms with Crippen LogP contribution in [0.2, 0.25) is 0 Å². The molecule has 3 aromatic rings. The Labute approximate surface area is 237 Å². The molecule has 1 spiro atoms. The fourth-order valence-corrected chi connectivity index (χ4v) is 5.43. The summed E-state index contributed by atoms with van der Waals surface area (Å²) in [6, 6.07) is 13.5. The number of aliphatic carboxylic acids is 1. The number of carbonyl (C=O) groups excluding carboxylic acids is 3. The zero-order chi connectivity index (χ0) is 29.0. The molecule has 11 heteroatoms. The van der Waals surface area contributed by atoms with E-state index in [0.29, 0.717) is 49.5 Å². The van der Waals surface area contributed by atoms with Gasteiger partial charge in [-0.05, 0) is 54.7 Å². The maximum absolute atomic E-state index is 13.7. The summed E-state index contributed by atoms with van der Waals surface area (Å²) in [6.45, 7) is 0.825. The van der Waals surface area contributed by atoms with Crippen LogP contribution in [0, 0.1) is 5.41 Å². The largest absolute Gasteiger partial charge is 0.480 e. The van der Waals surface area contributed by atoms with Gasteiger partial charge in [0.05, 0.1) is 11.7 Å². The first-order chi connectivity index (χ1) is 19.7. The van der Waals surface area contributed by atoms with E-state index in [2.05, 4.69) is 15.6 Å². The molecular weight excluding hydrogens is 526 g/mol. The second kappa shape index (κ2) is 11.8. The van der Waals surface area contributed by atoms with E-state index in [4.69, 9.17) is 4.74 Å². The van der Waals surface area contributed by atoms with Gasteiger partial charge in [0.25, 0.3) is 5.91 Å². The van der Waals surface area contributed by atoms with Crippen molar-refractivity contribution < 1.29 is 29.0 Å². The number of benzene rings is 2. The van der Waals surface area contributed by atoms with E-state index in [1.807, 2.05) is 24.3 Å². The average Bonchev–Trinajstić information content (AvgIpc) is 3.39. The molecule has 2 aromatic carbocycles. The number of imidazole rings is 1. The third kappa shape index (κ3) is 6.56. The number of carbonyl (C=O) groups is 4. The van der Waals surface area contributed by atoms with Crippen molar-refractivity contribution in [1.29, 1.82) is 0 Å². The summed E-state index contributed by atoms with van der Waals surface area (Å²) in [7, 11) is 1.80. The first-order valence-corrected chi connectivity index (χ1v) is 13.6. The summed E-state index contributed by atoms with van der Waals surface area (Å²) in [6.07, 6.45) is 4.59. The molecule has 41 heavy (non-hydrogen) atoms. The van der Waals surface area contributed by atoms with Crippen LogP contribution in [0.5, 0.6) is 11.5 Å². The lowest BCUT2D eigenvalue weighted by Crippen LogP contribution is -2.52. The van der Waals surface area contributed by atoms with E-state index in [1.54, 1.807) is 53.3 Å². The van der Waals surface area contributed by atoms with Crippen molar-refractivity contribution in [2.24, 2.45) is 12.5 Å². The van der Waals surface area contributed by atoms with Crippen LogP contribution in [0.4, 0.5) is 0 Å². The maximum Gasteiger partial charge on any atom is 0.326 e.